The van der Waals surface area contributed by atoms with Crippen molar-refractivity contribution in [1.29, 1.82) is 0 Å². The molecule has 3 heteroatoms. The first kappa shape index (κ1) is 14.6. The van der Waals surface area contributed by atoms with Crippen LogP contribution in [0.1, 0.15) is 45.7 Å². The minimum absolute atomic E-state index is 0.123. The molecule has 1 aromatic carbocycles. The molecule has 1 aliphatic rings. The maximum absolute atomic E-state index is 13.6. The number of ketones is 1. The molecule has 0 atom stereocenters. The minimum atomic E-state index is -0.327. The van der Waals surface area contributed by atoms with Crippen LogP contribution in [0, 0.1) is 12.7 Å². The summed E-state index contributed by atoms with van der Waals surface area (Å²) >= 11 is 0. The van der Waals surface area contributed by atoms with Crippen molar-refractivity contribution in [1.82, 2.24) is 4.98 Å². The number of carbonyl (C=O) groups is 1. The van der Waals surface area contributed by atoms with Gasteiger partial charge in [0.1, 0.15) is 5.82 Å². The van der Waals surface area contributed by atoms with Crippen LogP contribution < -0.4 is 0 Å². The molecule has 1 heterocycles. The molecule has 0 unspecified atom stereocenters. The second-order valence-electron chi connectivity index (χ2n) is 5.65. The number of carbonyl (C=O) groups excluding carboxylic acids is 1. The third kappa shape index (κ3) is 2.98. The van der Waals surface area contributed by atoms with Crippen molar-refractivity contribution < 1.29 is 9.18 Å². The molecular weight excluding hydrogens is 277 g/mol. The Morgan fingerprint density at radius 3 is 2.82 bits per heavy atom. The van der Waals surface area contributed by atoms with E-state index in [0.29, 0.717) is 11.1 Å². The van der Waals surface area contributed by atoms with Crippen molar-refractivity contribution in [2.75, 3.05) is 0 Å². The van der Waals surface area contributed by atoms with E-state index in [-0.39, 0.29) is 11.6 Å². The molecule has 0 bridgehead atoms. The van der Waals surface area contributed by atoms with Crippen LogP contribution in [0.3, 0.4) is 0 Å². The van der Waals surface area contributed by atoms with Crippen LogP contribution in [-0.2, 0) is 12.8 Å². The third-order valence-corrected chi connectivity index (χ3v) is 4.08. The quantitative estimate of drug-likeness (QED) is 0.624. The fraction of sp³-hybridized carbons (Fsp3) is 0.263. The molecule has 22 heavy (non-hydrogen) atoms. The van der Waals surface area contributed by atoms with E-state index in [1.807, 2.05) is 13.0 Å². The van der Waals surface area contributed by atoms with E-state index in [2.05, 4.69) is 4.98 Å². The summed E-state index contributed by atoms with van der Waals surface area (Å²) in [5.74, 6) is -0.450. The van der Waals surface area contributed by atoms with Gasteiger partial charge in [0.05, 0.1) is 0 Å². The van der Waals surface area contributed by atoms with Gasteiger partial charge in [-0.15, -0.1) is 0 Å². The zero-order valence-electron chi connectivity index (χ0n) is 12.6. The van der Waals surface area contributed by atoms with E-state index in [1.165, 1.54) is 30.2 Å². The standard InChI is InChI=1S/C19H18FNO/c1-13-16(12-15-7-3-5-9-18(15)21-13)19(22)11-10-14-6-2-4-8-17(14)20/h2,4,6,8,10-12H,3,5,7,9H2,1H3/b11-10+. The number of pyridine rings is 1. The Labute approximate surface area is 129 Å². The Morgan fingerprint density at radius 1 is 1.23 bits per heavy atom. The first-order valence-electron chi connectivity index (χ1n) is 7.61. The lowest BCUT2D eigenvalue weighted by Crippen LogP contribution is -2.10. The van der Waals surface area contributed by atoms with Crippen LogP contribution in [0.2, 0.25) is 0 Å². The molecule has 0 fully saturated rings. The normalized spacial score (nSPS) is 14.1. The second kappa shape index (κ2) is 6.22. The number of rotatable bonds is 3. The highest BCUT2D eigenvalue weighted by Crippen LogP contribution is 2.22. The van der Waals surface area contributed by atoms with Crippen LogP contribution in [0.5, 0.6) is 0 Å². The maximum Gasteiger partial charge on any atom is 0.187 e. The lowest BCUT2D eigenvalue weighted by atomic mass is 9.93. The first-order chi connectivity index (χ1) is 10.6. The predicted octanol–water partition coefficient (Wildman–Crippen LogP) is 4.30. The smallest absolute Gasteiger partial charge is 0.187 e. The third-order valence-electron chi connectivity index (χ3n) is 4.08. The molecule has 0 N–H and O–H groups in total. The van der Waals surface area contributed by atoms with Crippen LogP contribution in [0.15, 0.2) is 36.4 Å². The van der Waals surface area contributed by atoms with Crippen LogP contribution in [0.4, 0.5) is 4.39 Å². The average molecular weight is 295 g/mol. The van der Waals surface area contributed by atoms with Gasteiger partial charge >= 0.3 is 0 Å². The molecule has 2 aromatic rings. The van der Waals surface area contributed by atoms with E-state index >= 15 is 0 Å². The largest absolute Gasteiger partial charge is 0.289 e. The van der Waals surface area contributed by atoms with Crippen LogP contribution in [-0.4, -0.2) is 10.8 Å². The summed E-state index contributed by atoms with van der Waals surface area (Å²) < 4.78 is 13.6. The van der Waals surface area contributed by atoms with Crippen LogP contribution in [0.25, 0.3) is 6.08 Å². The molecule has 0 aliphatic heterocycles. The lowest BCUT2D eigenvalue weighted by Gasteiger charge is -2.16. The molecular formula is C19H18FNO. The molecule has 0 amide bonds. The van der Waals surface area contributed by atoms with Crippen molar-refractivity contribution in [3.8, 4) is 0 Å². The van der Waals surface area contributed by atoms with Gasteiger partial charge in [-0.05, 0) is 62.5 Å². The zero-order chi connectivity index (χ0) is 15.5. The highest BCUT2D eigenvalue weighted by Gasteiger charge is 2.16. The van der Waals surface area contributed by atoms with Gasteiger partial charge in [-0.1, -0.05) is 18.2 Å². The molecule has 1 aromatic heterocycles. The fourth-order valence-electron chi connectivity index (χ4n) is 2.85. The summed E-state index contributed by atoms with van der Waals surface area (Å²) in [7, 11) is 0. The van der Waals surface area contributed by atoms with E-state index in [1.54, 1.807) is 18.2 Å². The Morgan fingerprint density at radius 2 is 2.00 bits per heavy atom. The molecule has 0 saturated heterocycles. The van der Waals surface area contributed by atoms with Gasteiger partial charge in [0.15, 0.2) is 5.78 Å². The van der Waals surface area contributed by atoms with Crippen molar-refractivity contribution in [3.05, 3.63) is 70.3 Å². The lowest BCUT2D eigenvalue weighted by molar-refractivity contribution is 0.104. The average Bonchev–Trinajstić information content (AvgIpc) is 2.53. The van der Waals surface area contributed by atoms with Gasteiger partial charge in [0.25, 0.3) is 0 Å². The van der Waals surface area contributed by atoms with Gasteiger partial charge < -0.3 is 0 Å². The number of hydrogen-bond acceptors (Lipinski definition) is 2. The van der Waals surface area contributed by atoms with Crippen LogP contribution >= 0.6 is 0 Å². The van der Waals surface area contributed by atoms with E-state index in [4.69, 9.17) is 0 Å². The highest BCUT2D eigenvalue weighted by atomic mass is 19.1. The topological polar surface area (TPSA) is 30.0 Å². The Bertz CT molecular complexity index is 749. The number of hydrogen-bond donors (Lipinski definition) is 0. The monoisotopic (exact) mass is 295 g/mol. The highest BCUT2D eigenvalue weighted by molar-refractivity contribution is 6.07. The Balaban J connectivity index is 1.88. The van der Waals surface area contributed by atoms with Gasteiger partial charge in [-0.2, -0.15) is 0 Å². The van der Waals surface area contributed by atoms with Gasteiger partial charge in [-0.3, -0.25) is 9.78 Å². The zero-order valence-corrected chi connectivity index (χ0v) is 12.6. The summed E-state index contributed by atoms with van der Waals surface area (Å²) in [6, 6.07) is 8.38. The van der Waals surface area contributed by atoms with Gasteiger partial charge in [0.2, 0.25) is 0 Å². The number of aryl methyl sites for hydroxylation is 3. The second-order valence-corrected chi connectivity index (χ2v) is 5.65. The number of halogens is 1. The first-order valence-corrected chi connectivity index (χ1v) is 7.61. The molecule has 3 rings (SSSR count). The molecule has 112 valence electrons. The fourth-order valence-corrected chi connectivity index (χ4v) is 2.85. The molecule has 0 radical (unpaired) electrons. The van der Waals surface area contributed by atoms with Crippen molar-refractivity contribution in [3.63, 3.8) is 0 Å². The van der Waals surface area contributed by atoms with Gasteiger partial charge in [0, 0.05) is 22.5 Å². The van der Waals surface area contributed by atoms with Gasteiger partial charge in [-0.25, -0.2) is 4.39 Å². The predicted molar refractivity (Wildman–Crippen MR) is 85.4 cm³/mol. The number of aromatic nitrogens is 1. The molecule has 1 aliphatic carbocycles. The molecule has 0 saturated carbocycles. The number of allylic oxidation sites excluding steroid dienone is 1. The number of fused-ring (bicyclic) bond motifs is 1. The Kier molecular flexibility index (Phi) is 4.14. The minimum Gasteiger partial charge on any atom is -0.289 e. The van der Waals surface area contributed by atoms with E-state index in [9.17, 15) is 9.18 Å². The van der Waals surface area contributed by atoms with Crippen molar-refractivity contribution in [2.45, 2.75) is 32.6 Å². The summed E-state index contributed by atoms with van der Waals surface area (Å²) in [6.45, 7) is 1.86. The van der Waals surface area contributed by atoms with Crippen molar-refractivity contribution in [2.24, 2.45) is 0 Å². The Hall–Kier alpha value is -2.29. The summed E-state index contributed by atoms with van der Waals surface area (Å²) in [4.78, 5) is 17.0. The number of benzene rings is 1. The van der Waals surface area contributed by atoms with E-state index in [0.717, 1.165) is 30.7 Å². The van der Waals surface area contributed by atoms with E-state index < -0.39 is 0 Å². The molecule has 2 nitrogen and oxygen atoms in total. The maximum atomic E-state index is 13.6. The summed E-state index contributed by atoms with van der Waals surface area (Å²) in [5, 5.41) is 0. The van der Waals surface area contributed by atoms with Crippen molar-refractivity contribution >= 4 is 11.9 Å². The SMILES string of the molecule is Cc1nc2c(cc1C(=O)/C=C/c1ccccc1F)CCCC2. The summed E-state index contributed by atoms with van der Waals surface area (Å²) in [6.07, 6.45) is 7.25. The summed E-state index contributed by atoms with van der Waals surface area (Å²) in [5.41, 5.74) is 4.09. The number of nitrogens with zero attached hydrogens (tertiary/aromatic N) is 1. The molecule has 0 spiro atoms.